The molecule has 3 N–H and O–H groups in total. The lowest BCUT2D eigenvalue weighted by molar-refractivity contribution is 0.0226. The van der Waals surface area contributed by atoms with E-state index in [0.29, 0.717) is 19.1 Å². The third-order valence-corrected chi connectivity index (χ3v) is 4.60. The highest BCUT2D eigenvalue weighted by atomic mass is 32.1. The summed E-state index contributed by atoms with van der Waals surface area (Å²) in [4.78, 5) is 15.1. The Balaban J connectivity index is 1.76. The van der Waals surface area contributed by atoms with Crippen LogP contribution in [0.1, 0.15) is 42.8 Å². The van der Waals surface area contributed by atoms with Crippen molar-refractivity contribution in [2.24, 2.45) is 0 Å². The summed E-state index contributed by atoms with van der Waals surface area (Å²) < 4.78 is 5.44. The van der Waals surface area contributed by atoms with Crippen LogP contribution in [0.25, 0.3) is 0 Å². The largest absolute Gasteiger partial charge is 0.444 e. The molecule has 110 valence electrons. The van der Waals surface area contributed by atoms with Crippen LogP contribution in [0.3, 0.4) is 0 Å². The van der Waals surface area contributed by atoms with Crippen LogP contribution in [0, 0.1) is 0 Å². The molecule has 1 unspecified atom stereocenters. The number of amides is 1. The second-order valence-corrected chi connectivity index (χ2v) is 7.53. The quantitative estimate of drug-likeness (QED) is 0.779. The third-order valence-electron chi connectivity index (χ3n) is 3.53. The van der Waals surface area contributed by atoms with Gasteiger partial charge in [-0.2, -0.15) is 0 Å². The molecule has 6 heteroatoms. The summed E-state index contributed by atoms with van der Waals surface area (Å²) in [5, 5.41) is 4.21. The van der Waals surface area contributed by atoms with E-state index in [4.69, 9.17) is 10.5 Å². The number of nitrogens with one attached hydrogen (secondary N) is 1. The van der Waals surface area contributed by atoms with E-state index in [9.17, 15) is 4.79 Å². The first-order valence-corrected chi connectivity index (χ1v) is 7.78. The van der Waals surface area contributed by atoms with Crippen LogP contribution in [0.4, 0.5) is 9.80 Å². The normalized spacial score (nSPS) is 21.6. The SMILES string of the molecule is CC(C)(C)OC(=O)N1CCc2c(sc(N)c2C2CN2)C1. The predicted molar refractivity (Wildman–Crippen MR) is 79.8 cm³/mol. The van der Waals surface area contributed by atoms with Gasteiger partial charge >= 0.3 is 6.09 Å². The zero-order chi connectivity index (χ0) is 14.5. The molecule has 3 rings (SSSR count). The molecule has 3 heterocycles. The Hall–Kier alpha value is -1.27. The van der Waals surface area contributed by atoms with Crippen molar-refractivity contribution >= 4 is 22.4 Å². The van der Waals surface area contributed by atoms with Crippen molar-refractivity contribution < 1.29 is 9.53 Å². The second-order valence-electron chi connectivity index (χ2n) is 6.39. The molecule has 1 saturated heterocycles. The first kappa shape index (κ1) is 13.7. The van der Waals surface area contributed by atoms with Crippen molar-refractivity contribution in [3.63, 3.8) is 0 Å². The number of carbonyl (C=O) groups excluding carboxylic acids is 1. The molecule has 0 bridgehead atoms. The molecule has 20 heavy (non-hydrogen) atoms. The van der Waals surface area contributed by atoms with Gasteiger partial charge in [0.15, 0.2) is 0 Å². The Kier molecular flexibility index (Phi) is 3.17. The predicted octanol–water partition coefficient (Wildman–Crippen LogP) is 2.27. The zero-order valence-corrected chi connectivity index (χ0v) is 13.0. The molecule has 2 aliphatic heterocycles. The van der Waals surface area contributed by atoms with Gasteiger partial charge in [-0.05, 0) is 32.8 Å². The van der Waals surface area contributed by atoms with E-state index < -0.39 is 5.60 Å². The number of thiophene rings is 1. The Morgan fingerprint density at radius 3 is 2.80 bits per heavy atom. The molecular weight excluding hydrogens is 274 g/mol. The number of hydrogen-bond donors (Lipinski definition) is 2. The first-order valence-electron chi connectivity index (χ1n) is 6.96. The van der Waals surface area contributed by atoms with Crippen LogP contribution < -0.4 is 11.1 Å². The van der Waals surface area contributed by atoms with Gasteiger partial charge in [0.05, 0.1) is 11.5 Å². The topological polar surface area (TPSA) is 77.5 Å². The van der Waals surface area contributed by atoms with E-state index in [1.165, 1.54) is 16.0 Å². The number of rotatable bonds is 1. The highest BCUT2D eigenvalue weighted by Crippen LogP contribution is 2.41. The molecule has 5 nitrogen and oxygen atoms in total. The van der Waals surface area contributed by atoms with Gasteiger partial charge in [-0.15, -0.1) is 11.3 Å². The second kappa shape index (κ2) is 4.63. The van der Waals surface area contributed by atoms with Crippen LogP contribution in [-0.2, 0) is 17.7 Å². The van der Waals surface area contributed by atoms with Gasteiger partial charge < -0.3 is 20.7 Å². The minimum absolute atomic E-state index is 0.235. The molecule has 0 radical (unpaired) electrons. The molecule has 0 spiro atoms. The summed E-state index contributed by atoms with van der Waals surface area (Å²) in [7, 11) is 0. The molecule has 1 aromatic rings. The van der Waals surface area contributed by atoms with Crippen molar-refractivity contribution in [1.29, 1.82) is 0 Å². The van der Waals surface area contributed by atoms with E-state index in [0.717, 1.165) is 18.0 Å². The van der Waals surface area contributed by atoms with E-state index in [2.05, 4.69) is 5.32 Å². The lowest BCUT2D eigenvalue weighted by Crippen LogP contribution is -2.39. The highest BCUT2D eigenvalue weighted by molar-refractivity contribution is 7.16. The molecule has 0 saturated carbocycles. The monoisotopic (exact) mass is 295 g/mol. The molecule has 1 aromatic heterocycles. The maximum absolute atomic E-state index is 12.1. The molecule has 2 aliphatic rings. The average Bonchev–Trinajstić information content (AvgIpc) is 3.09. The van der Waals surface area contributed by atoms with E-state index >= 15 is 0 Å². The molecule has 0 aliphatic carbocycles. The van der Waals surface area contributed by atoms with E-state index in [1.54, 1.807) is 16.2 Å². The minimum atomic E-state index is -0.449. The summed E-state index contributed by atoms with van der Waals surface area (Å²) in [5.41, 5.74) is 8.30. The maximum Gasteiger partial charge on any atom is 0.410 e. The number of fused-ring (bicyclic) bond motifs is 1. The van der Waals surface area contributed by atoms with Crippen LogP contribution >= 0.6 is 11.3 Å². The van der Waals surface area contributed by atoms with E-state index in [-0.39, 0.29) is 6.09 Å². The third kappa shape index (κ3) is 2.62. The van der Waals surface area contributed by atoms with Gasteiger partial charge in [0.1, 0.15) is 5.60 Å². The highest BCUT2D eigenvalue weighted by Gasteiger charge is 2.34. The summed E-state index contributed by atoms with van der Waals surface area (Å²) in [6, 6.07) is 0.433. The molecule has 1 fully saturated rings. The fraction of sp³-hybridized carbons (Fsp3) is 0.643. The van der Waals surface area contributed by atoms with E-state index in [1.807, 2.05) is 20.8 Å². The number of nitrogens with zero attached hydrogens (tertiary/aromatic N) is 1. The van der Waals surface area contributed by atoms with Crippen LogP contribution in [-0.4, -0.2) is 29.7 Å². The summed E-state index contributed by atoms with van der Waals surface area (Å²) in [6.45, 7) is 8.01. The number of hydrogen-bond acceptors (Lipinski definition) is 5. The smallest absolute Gasteiger partial charge is 0.410 e. The molecule has 1 amide bonds. The first-order chi connectivity index (χ1) is 9.35. The Morgan fingerprint density at radius 1 is 1.50 bits per heavy atom. The standard InChI is InChI=1S/C14H21N3O2S/c1-14(2,3)19-13(18)17-5-4-8-10(7-17)20-12(15)11(8)9-6-16-9/h9,16H,4-7,15H2,1-3H3. The van der Waals surface area contributed by atoms with Gasteiger partial charge in [0, 0.05) is 29.6 Å². The van der Waals surface area contributed by atoms with Gasteiger partial charge in [-0.1, -0.05) is 0 Å². The fourth-order valence-corrected chi connectivity index (χ4v) is 3.77. The van der Waals surface area contributed by atoms with Crippen molar-refractivity contribution in [2.75, 3.05) is 18.8 Å². The number of carbonyl (C=O) groups is 1. The molecular formula is C14H21N3O2S. The van der Waals surface area contributed by atoms with Gasteiger partial charge in [0.2, 0.25) is 0 Å². The Labute approximate surface area is 123 Å². The lowest BCUT2D eigenvalue weighted by Gasteiger charge is -2.30. The average molecular weight is 295 g/mol. The van der Waals surface area contributed by atoms with Crippen molar-refractivity contribution in [1.82, 2.24) is 10.2 Å². The minimum Gasteiger partial charge on any atom is -0.444 e. The Bertz CT molecular complexity index is 543. The summed E-state index contributed by atoms with van der Waals surface area (Å²) >= 11 is 1.61. The summed E-state index contributed by atoms with van der Waals surface area (Å²) in [5.74, 6) is 0. The van der Waals surface area contributed by atoms with Crippen LogP contribution in [0.2, 0.25) is 0 Å². The lowest BCUT2D eigenvalue weighted by atomic mass is 10.0. The van der Waals surface area contributed by atoms with Gasteiger partial charge in [0.25, 0.3) is 0 Å². The number of ether oxygens (including phenoxy) is 1. The fourth-order valence-electron chi connectivity index (χ4n) is 2.58. The van der Waals surface area contributed by atoms with Gasteiger partial charge in [-0.3, -0.25) is 0 Å². The maximum atomic E-state index is 12.1. The number of nitrogens with two attached hydrogens (primary N) is 1. The number of nitrogen functional groups attached to an aromatic ring is 1. The molecule has 1 atom stereocenters. The Morgan fingerprint density at radius 2 is 2.20 bits per heavy atom. The van der Waals surface area contributed by atoms with Crippen molar-refractivity contribution in [3.8, 4) is 0 Å². The molecule has 0 aromatic carbocycles. The van der Waals surface area contributed by atoms with Gasteiger partial charge in [-0.25, -0.2) is 4.79 Å². The van der Waals surface area contributed by atoms with Crippen molar-refractivity contribution in [3.05, 3.63) is 16.0 Å². The zero-order valence-electron chi connectivity index (χ0n) is 12.2. The van der Waals surface area contributed by atoms with Crippen LogP contribution in [0.5, 0.6) is 0 Å². The summed E-state index contributed by atoms with van der Waals surface area (Å²) in [6.07, 6.45) is 0.636. The van der Waals surface area contributed by atoms with Crippen LogP contribution in [0.15, 0.2) is 0 Å². The number of anilines is 1. The van der Waals surface area contributed by atoms with Crippen molar-refractivity contribution in [2.45, 2.75) is 45.4 Å².